The van der Waals surface area contributed by atoms with Crippen molar-refractivity contribution in [1.82, 2.24) is 0 Å². The van der Waals surface area contributed by atoms with Gasteiger partial charge in [0.25, 0.3) is 0 Å². The van der Waals surface area contributed by atoms with E-state index in [0.717, 1.165) is 32.1 Å². The number of hydrogen-bond donors (Lipinski definition) is 0. The van der Waals surface area contributed by atoms with E-state index in [9.17, 15) is 4.57 Å². The molecule has 0 rings (SSSR count). The number of halogens is 1. The Hall–Kier alpha value is 0.440. The van der Waals surface area contributed by atoms with Crippen LogP contribution in [0.3, 0.4) is 0 Å². The molecule has 5 heteroatoms. The highest BCUT2D eigenvalue weighted by molar-refractivity contribution is 7.81. The third-order valence-electron chi connectivity index (χ3n) is 2.24. The van der Waals surface area contributed by atoms with Crippen LogP contribution >= 0.6 is 18.2 Å². The molecule has 0 N–H and O–H groups in total. The standard InChI is InChI=1S/C11H24ClO3P/c1-3-5-7-9-11-15-16(12,13)14-10-8-6-4-2/h3-11H2,1-2H3. The van der Waals surface area contributed by atoms with E-state index in [1.807, 2.05) is 0 Å². The highest BCUT2D eigenvalue weighted by Crippen LogP contribution is 2.53. The van der Waals surface area contributed by atoms with Crippen LogP contribution in [0.4, 0.5) is 0 Å². The van der Waals surface area contributed by atoms with E-state index < -0.39 is 6.95 Å². The maximum Gasteiger partial charge on any atom is 0.424 e. The number of hydrogen-bond acceptors (Lipinski definition) is 3. The SMILES string of the molecule is CCCCCCOP(=O)(Cl)OCCCCC. The summed E-state index contributed by atoms with van der Waals surface area (Å²) in [5.41, 5.74) is 0. The van der Waals surface area contributed by atoms with Crippen molar-refractivity contribution < 1.29 is 13.6 Å². The van der Waals surface area contributed by atoms with Gasteiger partial charge in [0.05, 0.1) is 13.2 Å². The van der Waals surface area contributed by atoms with E-state index in [4.69, 9.17) is 20.3 Å². The Labute approximate surface area is 104 Å². The van der Waals surface area contributed by atoms with Crippen LogP contribution in [-0.4, -0.2) is 13.2 Å². The molecule has 0 aromatic carbocycles. The van der Waals surface area contributed by atoms with Crippen molar-refractivity contribution in [2.45, 2.75) is 58.8 Å². The molecular formula is C11H24ClO3P. The van der Waals surface area contributed by atoms with Crippen LogP contribution in [0.25, 0.3) is 0 Å². The summed E-state index contributed by atoms with van der Waals surface area (Å²) < 4.78 is 21.6. The second-order valence-corrected chi connectivity index (χ2v) is 6.48. The fraction of sp³-hybridized carbons (Fsp3) is 1.00. The van der Waals surface area contributed by atoms with Crippen LogP contribution in [0, 0.1) is 0 Å². The lowest BCUT2D eigenvalue weighted by Gasteiger charge is -2.11. The second-order valence-electron chi connectivity index (χ2n) is 3.86. The van der Waals surface area contributed by atoms with Crippen molar-refractivity contribution in [2.24, 2.45) is 0 Å². The molecule has 98 valence electrons. The summed E-state index contributed by atoms with van der Waals surface area (Å²) in [6.45, 7) is 1.78. The summed E-state index contributed by atoms with van der Waals surface area (Å²) >= 11 is 5.64. The highest BCUT2D eigenvalue weighted by Gasteiger charge is 2.19. The van der Waals surface area contributed by atoms with Gasteiger partial charge in [0.2, 0.25) is 0 Å². The third-order valence-corrected chi connectivity index (χ3v) is 3.80. The fourth-order valence-corrected chi connectivity index (χ4v) is 2.45. The Balaban J connectivity index is 3.43. The molecule has 0 aliphatic carbocycles. The lowest BCUT2D eigenvalue weighted by molar-refractivity contribution is 0.211. The predicted molar refractivity (Wildman–Crippen MR) is 69.0 cm³/mol. The van der Waals surface area contributed by atoms with Gasteiger partial charge in [-0.25, -0.2) is 4.57 Å². The number of rotatable bonds is 11. The van der Waals surface area contributed by atoms with E-state index in [2.05, 4.69) is 13.8 Å². The minimum Gasteiger partial charge on any atom is -0.297 e. The lowest BCUT2D eigenvalue weighted by Crippen LogP contribution is -1.95. The van der Waals surface area contributed by atoms with Crippen LogP contribution in [0.5, 0.6) is 0 Å². The monoisotopic (exact) mass is 270 g/mol. The molecule has 0 spiro atoms. The molecule has 0 fully saturated rings. The van der Waals surface area contributed by atoms with E-state index in [-0.39, 0.29) is 0 Å². The summed E-state index contributed by atoms with van der Waals surface area (Å²) in [4.78, 5) is 0. The van der Waals surface area contributed by atoms with E-state index in [0.29, 0.717) is 13.2 Å². The zero-order valence-electron chi connectivity index (χ0n) is 10.4. The van der Waals surface area contributed by atoms with Crippen LogP contribution in [-0.2, 0) is 13.6 Å². The molecule has 0 aliphatic heterocycles. The van der Waals surface area contributed by atoms with Gasteiger partial charge in [0.15, 0.2) is 0 Å². The maximum absolute atomic E-state index is 11.5. The van der Waals surface area contributed by atoms with Gasteiger partial charge in [-0.05, 0) is 12.8 Å². The van der Waals surface area contributed by atoms with Crippen LogP contribution in [0.1, 0.15) is 58.8 Å². The minimum atomic E-state index is -3.31. The average Bonchev–Trinajstić information content (AvgIpc) is 2.24. The molecule has 0 saturated carbocycles. The molecular weight excluding hydrogens is 247 g/mol. The van der Waals surface area contributed by atoms with Crippen molar-refractivity contribution in [3.8, 4) is 0 Å². The molecule has 0 amide bonds. The first-order valence-corrected chi connectivity index (χ1v) is 8.66. The van der Waals surface area contributed by atoms with E-state index >= 15 is 0 Å². The normalized spacial score (nSPS) is 14.9. The van der Waals surface area contributed by atoms with Gasteiger partial charge in [-0.3, -0.25) is 9.05 Å². The lowest BCUT2D eigenvalue weighted by atomic mass is 10.2. The van der Waals surface area contributed by atoms with Crippen LogP contribution in [0.2, 0.25) is 0 Å². The zero-order valence-corrected chi connectivity index (χ0v) is 12.1. The molecule has 0 radical (unpaired) electrons. The predicted octanol–water partition coefficient (Wildman–Crippen LogP) is 5.14. The van der Waals surface area contributed by atoms with Gasteiger partial charge in [-0.15, -0.1) is 0 Å². The topological polar surface area (TPSA) is 35.5 Å². The first kappa shape index (κ1) is 16.4. The number of unbranched alkanes of at least 4 members (excludes halogenated alkanes) is 5. The molecule has 0 aromatic rings. The molecule has 0 aromatic heterocycles. The first-order chi connectivity index (χ1) is 7.62. The van der Waals surface area contributed by atoms with Gasteiger partial charge in [-0.2, -0.15) is 0 Å². The Morgan fingerprint density at radius 1 is 0.875 bits per heavy atom. The Kier molecular flexibility index (Phi) is 10.9. The zero-order chi connectivity index (χ0) is 12.3. The van der Waals surface area contributed by atoms with Gasteiger partial charge in [-0.1, -0.05) is 46.0 Å². The largest absolute Gasteiger partial charge is 0.424 e. The molecule has 1 atom stereocenters. The van der Waals surface area contributed by atoms with Gasteiger partial charge in [0, 0.05) is 11.2 Å². The molecule has 0 heterocycles. The van der Waals surface area contributed by atoms with Gasteiger partial charge < -0.3 is 0 Å². The fourth-order valence-electron chi connectivity index (χ4n) is 1.27. The van der Waals surface area contributed by atoms with Crippen LogP contribution in [0.15, 0.2) is 0 Å². The summed E-state index contributed by atoms with van der Waals surface area (Å²) in [5, 5.41) is 0. The van der Waals surface area contributed by atoms with Crippen molar-refractivity contribution in [1.29, 1.82) is 0 Å². The quantitative estimate of drug-likeness (QED) is 0.385. The smallest absolute Gasteiger partial charge is 0.297 e. The minimum absolute atomic E-state index is 0.420. The average molecular weight is 271 g/mol. The van der Waals surface area contributed by atoms with Crippen LogP contribution < -0.4 is 0 Å². The second kappa shape index (κ2) is 10.6. The van der Waals surface area contributed by atoms with E-state index in [1.165, 1.54) is 12.8 Å². The maximum atomic E-state index is 11.5. The first-order valence-electron chi connectivity index (χ1n) is 6.21. The molecule has 3 nitrogen and oxygen atoms in total. The molecule has 1 unspecified atom stereocenters. The summed E-state index contributed by atoms with van der Waals surface area (Å²) in [6.07, 6.45) is 7.37. The molecule has 0 bridgehead atoms. The van der Waals surface area contributed by atoms with Crippen molar-refractivity contribution in [3.05, 3.63) is 0 Å². The molecule has 0 aliphatic rings. The third kappa shape index (κ3) is 10.9. The van der Waals surface area contributed by atoms with Crippen molar-refractivity contribution >= 4 is 18.2 Å². The van der Waals surface area contributed by atoms with Gasteiger partial charge >= 0.3 is 6.95 Å². The Morgan fingerprint density at radius 3 is 1.81 bits per heavy atom. The highest BCUT2D eigenvalue weighted by atomic mass is 35.7. The Bertz CT molecular complexity index is 200. The summed E-state index contributed by atoms with van der Waals surface area (Å²) in [5.74, 6) is 0. The van der Waals surface area contributed by atoms with Crippen molar-refractivity contribution in [3.63, 3.8) is 0 Å². The summed E-state index contributed by atoms with van der Waals surface area (Å²) in [7, 11) is 0. The molecule has 16 heavy (non-hydrogen) atoms. The van der Waals surface area contributed by atoms with E-state index in [1.54, 1.807) is 0 Å². The summed E-state index contributed by atoms with van der Waals surface area (Å²) in [6, 6.07) is 0. The Morgan fingerprint density at radius 2 is 1.31 bits per heavy atom. The van der Waals surface area contributed by atoms with Gasteiger partial charge in [0.1, 0.15) is 0 Å². The van der Waals surface area contributed by atoms with Crippen molar-refractivity contribution in [2.75, 3.05) is 13.2 Å². The molecule has 0 saturated heterocycles.